The topological polar surface area (TPSA) is 98.7 Å². The second kappa shape index (κ2) is 11.8. The predicted octanol–water partition coefficient (Wildman–Crippen LogP) is 3.15. The van der Waals surface area contributed by atoms with Crippen LogP contribution in [0.3, 0.4) is 0 Å². The van der Waals surface area contributed by atoms with Crippen molar-refractivity contribution in [2.45, 2.75) is 117 Å². The van der Waals surface area contributed by atoms with Crippen LogP contribution in [-0.2, 0) is 9.59 Å². The van der Waals surface area contributed by atoms with E-state index >= 15 is 0 Å². The van der Waals surface area contributed by atoms with Gasteiger partial charge in [-0.25, -0.2) is 0 Å². The quantitative estimate of drug-likeness (QED) is 0.378. The van der Waals surface area contributed by atoms with E-state index in [2.05, 4.69) is 10.6 Å². The fourth-order valence-electron chi connectivity index (χ4n) is 3.70. The maximum Gasteiger partial charge on any atom is 0.309 e. The lowest BCUT2D eigenvalue weighted by molar-refractivity contribution is -0.143. The summed E-state index contributed by atoms with van der Waals surface area (Å²) in [5.41, 5.74) is -2.10. The molecule has 0 unspecified atom stereocenters. The van der Waals surface area contributed by atoms with Crippen LogP contribution in [0.2, 0.25) is 0 Å². The number of hydrogen-bond donors (Lipinski definition) is 4. The second-order valence-electron chi connectivity index (χ2n) is 8.93. The highest BCUT2D eigenvalue weighted by molar-refractivity contribution is 6.35. The molecule has 0 aromatic heterocycles. The van der Waals surface area contributed by atoms with E-state index < -0.39 is 35.1 Å². The zero-order chi connectivity index (χ0) is 22.1. The normalized spacial score (nSPS) is 14.9. The zero-order valence-electron chi connectivity index (χ0n) is 19.3. The molecule has 2 amide bonds. The smallest absolute Gasteiger partial charge is 0.309 e. The van der Waals surface area contributed by atoms with Crippen LogP contribution in [0.25, 0.3) is 0 Å². The first-order valence-corrected chi connectivity index (χ1v) is 10.9. The van der Waals surface area contributed by atoms with Crippen LogP contribution >= 0.6 is 0 Å². The van der Waals surface area contributed by atoms with Gasteiger partial charge >= 0.3 is 11.8 Å². The summed E-state index contributed by atoms with van der Waals surface area (Å²) in [6.07, 6.45) is 3.13. The molecular formula is C22H44N2O4. The maximum atomic E-state index is 12.6. The maximum absolute atomic E-state index is 12.6. The molecule has 0 fully saturated rings. The minimum absolute atomic E-state index is 0.261. The largest absolute Gasteiger partial charge is 0.388 e. The Morgan fingerprint density at radius 3 is 1.11 bits per heavy atom. The molecule has 0 radical (unpaired) electrons. The second-order valence-corrected chi connectivity index (χ2v) is 8.93. The number of nitrogens with one attached hydrogen (secondary N) is 2. The van der Waals surface area contributed by atoms with Gasteiger partial charge in [0.1, 0.15) is 0 Å². The summed E-state index contributed by atoms with van der Waals surface area (Å²) in [5.74, 6) is -0.988. The summed E-state index contributed by atoms with van der Waals surface area (Å²) in [7, 11) is 0. The fourth-order valence-corrected chi connectivity index (χ4v) is 3.70. The molecule has 4 N–H and O–H groups in total. The Kier molecular flexibility index (Phi) is 11.3. The average molecular weight is 401 g/mol. The highest BCUT2D eigenvalue weighted by Crippen LogP contribution is 2.26. The van der Waals surface area contributed by atoms with Gasteiger partial charge in [-0.1, -0.05) is 55.4 Å². The Balaban J connectivity index is 5.39. The van der Waals surface area contributed by atoms with Gasteiger partial charge in [0.2, 0.25) is 0 Å². The Hall–Kier alpha value is -1.14. The molecule has 166 valence electrons. The van der Waals surface area contributed by atoms with Crippen molar-refractivity contribution in [1.29, 1.82) is 0 Å². The molecular weight excluding hydrogens is 356 g/mol. The molecule has 2 atom stereocenters. The van der Waals surface area contributed by atoms with Crippen LogP contribution in [0.5, 0.6) is 0 Å². The molecule has 6 heteroatoms. The monoisotopic (exact) mass is 400 g/mol. The number of amides is 2. The van der Waals surface area contributed by atoms with Gasteiger partial charge in [0.15, 0.2) is 0 Å². The van der Waals surface area contributed by atoms with Crippen molar-refractivity contribution >= 4 is 11.8 Å². The molecule has 6 nitrogen and oxygen atoms in total. The van der Waals surface area contributed by atoms with Crippen LogP contribution in [0, 0.1) is 11.8 Å². The lowest BCUT2D eigenvalue weighted by atomic mass is 9.83. The number of rotatable bonds is 12. The number of carbonyl (C=O) groups excluding carboxylic acids is 2. The van der Waals surface area contributed by atoms with E-state index in [1.54, 1.807) is 0 Å². The molecule has 0 saturated heterocycles. The van der Waals surface area contributed by atoms with E-state index in [0.29, 0.717) is 38.5 Å². The molecule has 0 aliphatic carbocycles. The number of carbonyl (C=O) groups is 2. The van der Waals surface area contributed by atoms with Gasteiger partial charge in [-0.3, -0.25) is 9.59 Å². The van der Waals surface area contributed by atoms with Crippen molar-refractivity contribution in [3.05, 3.63) is 0 Å². The van der Waals surface area contributed by atoms with Crippen LogP contribution in [0.4, 0.5) is 0 Å². The molecule has 0 aromatic rings. The molecule has 0 rings (SSSR count). The fraction of sp³-hybridized carbons (Fsp3) is 0.909. The van der Waals surface area contributed by atoms with Crippen molar-refractivity contribution in [3.8, 4) is 0 Å². The van der Waals surface area contributed by atoms with Gasteiger partial charge < -0.3 is 20.8 Å². The van der Waals surface area contributed by atoms with Crippen LogP contribution in [0.15, 0.2) is 0 Å². The van der Waals surface area contributed by atoms with Crippen molar-refractivity contribution in [2.75, 3.05) is 0 Å². The van der Waals surface area contributed by atoms with E-state index in [1.807, 2.05) is 55.4 Å². The molecule has 0 bridgehead atoms. The minimum Gasteiger partial charge on any atom is -0.388 e. The standard InChI is InChI=1S/C22H44N2O4/c1-9-21(27,10-2)17(13-15(5)6)23-19(25)20(26)24-18(14-16(7)8)22(28,11-3)12-4/h15-18,27-28H,9-14H2,1-8H3,(H,23,25)(H,24,26)/t17-,18-/m1/s1. The Bertz CT molecular complexity index is 439. The molecule has 0 aliphatic rings. The van der Waals surface area contributed by atoms with E-state index in [9.17, 15) is 19.8 Å². The van der Waals surface area contributed by atoms with E-state index in [4.69, 9.17) is 0 Å². The Morgan fingerprint density at radius 2 is 0.929 bits per heavy atom. The van der Waals surface area contributed by atoms with E-state index in [-0.39, 0.29) is 11.8 Å². The van der Waals surface area contributed by atoms with Gasteiger partial charge in [0.05, 0.1) is 23.3 Å². The first-order chi connectivity index (χ1) is 12.9. The highest BCUT2D eigenvalue weighted by Gasteiger charge is 2.38. The molecule has 28 heavy (non-hydrogen) atoms. The number of hydrogen-bond acceptors (Lipinski definition) is 4. The highest BCUT2D eigenvalue weighted by atomic mass is 16.3. The third-order valence-electron chi connectivity index (χ3n) is 5.98. The van der Waals surface area contributed by atoms with Gasteiger partial charge in [0.25, 0.3) is 0 Å². The lowest BCUT2D eigenvalue weighted by Crippen LogP contribution is -2.59. The summed E-state index contributed by atoms with van der Waals surface area (Å²) >= 11 is 0. The van der Waals surface area contributed by atoms with Crippen molar-refractivity contribution in [3.63, 3.8) is 0 Å². The minimum atomic E-state index is -1.05. The zero-order valence-corrected chi connectivity index (χ0v) is 19.3. The van der Waals surface area contributed by atoms with Crippen molar-refractivity contribution in [2.24, 2.45) is 11.8 Å². The third-order valence-corrected chi connectivity index (χ3v) is 5.98. The molecule has 0 heterocycles. The van der Waals surface area contributed by atoms with Gasteiger partial charge in [0, 0.05) is 0 Å². The van der Waals surface area contributed by atoms with Crippen molar-refractivity contribution in [1.82, 2.24) is 10.6 Å². The van der Waals surface area contributed by atoms with Crippen LogP contribution < -0.4 is 10.6 Å². The predicted molar refractivity (Wildman–Crippen MR) is 114 cm³/mol. The molecule has 0 aliphatic heterocycles. The van der Waals surface area contributed by atoms with E-state index in [0.717, 1.165) is 0 Å². The summed E-state index contributed by atoms with van der Waals surface area (Å²) in [4.78, 5) is 25.2. The van der Waals surface area contributed by atoms with Gasteiger partial charge in [-0.2, -0.15) is 0 Å². The third kappa shape index (κ3) is 7.70. The molecule has 0 spiro atoms. The van der Waals surface area contributed by atoms with E-state index in [1.165, 1.54) is 0 Å². The number of aliphatic hydroxyl groups is 2. The first kappa shape index (κ1) is 26.9. The first-order valence-electron chi connectivity index (χ1n) is 10.9. The Labute approximate surface area is 171 Å². The SMILES string of the molecule is CCC(O)(CC)[C@@H](CC(C)C)NC(=O)C(=O)N[C@H](CC(C)C)C(O)(CC)CC. The molecule has 0 aromatic carbocycles. The summed E-state index contributed by atoms with van der Waals surface area (Å²) in [5, 5.41) is 27.3. The summed E-state index contributed by atoms with van der Waals surface area (Å²) in [6.45, 7) is 15.6. The van der Waals surface area contributed by atoms with Crippen LogP contribution in [0.1, 0.15) is 93.9 Å². The van der Waals surface area contributed by atoms with Crippen molar-refractivity contribution < 1.29 is 19.8 Å². The summed E-state index contributed by atoms with van der Waals surface area (Å²) in [6, 6.07) is -0.999. The molecule has 0 saturated carbocycles. The Morgan fingerprint density at radius 1 is 0.679 bits per heavy atom. The summed E-state index contributed by atoms with van der Waals surface area (Å²) < 4.78 is 0. The average Bonchev–Trinajstić information content (AvgIpc) is 2.64. The van der Waals surface area contributed by atoms with Gasteiger partial charge in [-0.05, 0) is 50.4 Å². The van der Waals surface area contributed by atoms with Gasteiger partial charge in [-0.15, -0.1) is 0 Å². The lowest BCUT2D eigenvalue weighted by Gasteiger charge is -2.38. The van der Waals surface area contributed by atoms with Crippen LogP contribution in [-0.4, -0.2) is 45.3 Å².